The van der Waals surface area contributed by atoms with Gasteiger partial charge in [-0.1, -0.05) is 11.6 Å². The molecular formula is C17H22N2O3. The van der Waals surface area contributed by atoms with Crippen molar-refractivity contribution in [2.45, 2.75) is 38.5 Å². The third-order valence-corrected chi connectivity index (χ3v) is 4.52. The molecule has 22 heavy (non-hydrogen) atoms. The van der Waals surface area contributed by atoms with Crippen LogP contribution >= 0.6 is 0 Å². The van der Waals surface area contributed by atoms with E-state index in [4.69, 9.17) is 0 Å². The van der Waals surface area contributed by atoms with Crippen molar-refractivity contribution in [2.24, 2.45) is 0 Å². The summed E-state index contributed by atoms with van der Waals surface area (Å²) < 4.78 is 0. The molecule has 1 aliphatic rings. The summed E-state index contributed by atoms with van der Waals surface area (Å²) in [5, 5.41) is 20.7. The number of rotatable bonds is 2. The summed E-state index contributed by atoms with van der Waals surface area (Å²) in [6.45, 7) is 5.29. The number of aromatic amines is 1. The monoisotopic (exact) mass is 302 g/mol. The van der Waals surface area contributed by atoms with Crippen LogP contribution in [0.15, 0.2) is 29.1 Å². The summed E-state index contributed by atoms with van der Waals surface area (Å²) in [5.74, 6) is 0. The van der Waals surface area contributed by atoms with Crippen molar-refractivity contribution in [3.8, 4) is 0 Å². The highest BCUT2D eigenvalue weighted by molar-refractivity contribution is 5.79. The number of nitrogens with zero attached hydrogens (tertiary/aromatic N) is 1. The van der Waals surface area contributed by atoms with Crippen LogP contribution in [0.3, 0.4) is 0 Å². The van der Waals surface area contributed by atoms with Crippen LogP contribution in [-0.2, 0) is 6.54 Å². The summed E-state index contributed by atoms with van der Waals surface area (Å²) in [4.78, 5) is 17.6. The summed E-state index contributed by atoms with van der Waals surface area (Å²) in [7, 11) is 0. The van der Waals surface area contributed by atoms with Gasteiger partial charge in [-0.2, -0.15) is 0 Å². The molecule has 1 aromatic carbocycles. The summed E-state index contributed by atoms with van der Waals surface area (Å²) in [5.41, 5.74) is 1.71. The minimum Gasteiger partial charge on any atom is -0.389 e. The van der Waals surface area contributed by atoms with Crippen molar-refractivity contribution in [1.82, 2.24) is 9.88 Å². The highest BCUT2D eigenvalue weighted by atomic mass is 16.3. The number of likely N-dealkylation sites (tertiary alicyclic amines) is 1. The Labute approximate surface area is 129 Å². The van der Waals surface area contributed by atoms with Gasteiger partial charge >= 0.3 is 0 Å². The Morgan fingerprint density at radius 2 is 2.18 bits per heavy atom. The topological polar surface area (TPSA) is 76.6 Å². The van der Waals surface area contributed by atoms with Crippen LogP contribution in [0.4, 0.5) is 0 Å². The molecule has 2 heterocycles. The molecule has 0 bridgehead atoms. The first-order chi connectivity index (χ1) is 10.3. The number of aliphatic hydroxyl groups excluding tert-OH is 1. The molecule has 0 aliphatic carbocycles. The highest BCUT2D eigenvalue weighted by Crippen LogP contribution is 2.23. The van der Waals surface area contributed by atoms with Gasteiger partial charge in [-0.15, -0.1) is 0 Å². The van der Waals surface area contributed by atoms with Gasteiger partial charge in [0.25, 0.3) is 0 Å². The number of nitrogens with one attached hydrogen (secondary N) is 1. The molecule has 3 rings (SSSR count). The minimum atomic E-state index is -1.02. The maximum absolute atomic E-state index is 12.2. The zero-order valence-corrected chi connectivity index (χ0v) is 13.0. The molecule has 2 aromatic rings. The lowest BCUT2D eigenvalue weighted by molar-refractivity contribution is -0.108. The average molecular weight is 302 g/mol. The van der Waals surface area contributed by atoms with Crippen LogP contribution in [0.1, 0.15) is 24.6 Å². The molecule has 5 heteroatoms. The van der Waals surface area contributed by atoms with Crippen molar-refractivity contribution >= 4 is 10.9 Å². The molecule has 1 fully saturated rings. The van der Waals surface area contributed by atoms with E-state index in [1.807, 2.05) is 30.0 Å². The number of aryl methyl sites for hydroxylation is 1. The number of H-pyrrole nitrogens is 1. The molecule has 1 saturated heterocycles. The highest BCUT2D eigenvalue weighted by Gasteiger charge is 2.36. The second-order valence-electron chi connectivity index (χ2n) is 6.57. The number of hydrogen-bond donors (Lipinski definition) is 3. The van der Waals surface area contributed by atoms with E-state index in [2.05, 4.69) is 4.98 Å². The molecule has 1 aliphatic heterocycles. The molecule has 0 saturated carbocycles. The van der Waals surface area contributed by atoms with E-state index in [0.717, 1.165) is 16.8 Å². The second-order valence-corrected chi connectivity index (χ2v) is 6.57. The number of fused-ring (bicyclic) bond motifs is 1. The van der Waals surface area contributed by atoms with Crippen LogP contribution in [0.25, 0.3) is 10.9 Å². The van der Waals surface area contributed by atoms with E-state index in [-0.39, 0.29) is 5.43 Å². The minimum absolute atomic E-state index is 0.0111. The normalized spacial score (nSPS) is 26.5. The molecular weight excluding hydrogens is 280 g/mol. The Morgan fingerprint density at radius 3 is 2.91 bits per heavy atom. The first-order valence-electron chi connectivity index (χ1n) is 7.60. The predicted molar refractivity (Wildman–Crippen MR) is 85.8 cm³/mol. The Morgan fingerprint density at radius 1 is 1.41 bits per heavy atom. The number of hydrogen-bond acceptors (Lipinski definition) is 4. The molecule has 2 atom stereocenters. The molecule has 5 nitrogen and oxygen atoms in total. The van der Waals surface area contributed by atoms with Gasteiger partial charge in [0, 0.05) is 42.3 Å². The van der Waals surface area contributed by atoms with E-state index >= 15 is 0 Å². The fraction of sp³-hybridized carbons (Fsp3) is 0.471. The van der Waals surface area contributed by atoms with Gasteiger partial charge in [0.05, 0.1) is 11.7 Å². The summed E-state index contributed by atoms with van der Waals surface area (Å²) >= 11 is 0. The predicted octanol–water partition coefficient (Wildman–Crippen LogP) is 1.15. The van der Waals surface area contributed by atoms with Crippen molar-refractivity contribution in [1.29, 1.82) is 0 Å². The maximum atomic E-state index is 12.2. The maximum Gasteiger partial charge on any atom is 0.189 e. The molecule has 118 valence electrons. The average Bonchev–Trinajstić information content (AvgIpc) is 2.44. The molecule has 0 amide bonds. The van der Waals surface area contributed by atoms with Gasteiger partial charge in [-0.05, 0) is 32.4 Å². The third kappa shape index (κ3) is 2.92. The zero-order chi connectivity index (χ0) is 15.9. The van der Waals surface area contributed by atoms with Gasteiger partial charge in [-0.3, -0.25) is 9.69 Å². The van der Waals surface area contributed by atoms with Gasteiger partial charge in [0.15, 0.2) is 5.43 Å². The van der Waals surface area contributed by atoms with Gasteiger partial charge in [-0.25, -0.2) is 0 Å². The Kier molecular flexibility index (Phi) is 3.80. The fourth-order valence-electron chi connectivity index (χ4n) is 2.97. The lowest BCUT2D eigenvalue weighted by Crippen LogP contribution is -2.53. The summed E-state index contributed by atoms with van der Waals surface area (Å²) in [6, 6.07) is 7.41. The number of piperidine rings is 1. The Hall–Kier alpha value is -1.69. The van der Waals surface area contributed by atoms with E-state index in [9.17, 15) is 15.0 Å². The molecule has 1 aromatic heterocycles. The van der Waals surface area contributed by atoms with Crippen molar-refractivity contribution in [2.75, 3.05) is 13.1 Å². The largest absolute Gasteiger partial charge is 0.389 e. The quantitative estimate of drug-likeness (QED) is 0.778. The smallest absolute Gasteiger partial charge is 0.189 e. The lowest BCUT2D eigenvalue weighted by atomic mass is 9.91. The second kappa shape index (κ2) is 5.50. The lowest BCUT2D eigenvalue weighted by Gasteiger charge is -2.39. The van der Waals surface area contributed by atoms with Gasteiger partial charge < -0.3 is 15.2 Å². The van der Waals surface area contributed by atoms with E-state index in [1.54, 1.807) is 13.0 Å². The van der Waals surface area contributed by atoms with E-state index in [1.165, 1.54) is 0 Å². The number of aromatic nitrogens is 1. The summed E-state index contributed by atoms with van der Waals surface area (Å²) in [6.07, 6.45) is -0.248. The van der Waals surface area contributed by atoms with Crippen molar-refractivity contribution in [3.05, 3.63) is 45.7 Å². The molecule has 0 radical (unpaired) electrons. The number of β-amino-alcohol motifs (C(OH)–C–C–N with tert-alkyl or cyclic N) is 1. The van der Waals surface area contributed by atoms with E-state index in [0.29, 0.717) is 31.4 Å². The third-order valence-electron chi connectivity index (χ3n) is 4.52. The van der Waals surface area contributed by atoms with Crippen LogP contribution in [0.5, 0.6) is 0 Å². The fourth-order valence-corrected chi connectivity index (χ4v) is 2.97. The Bertz CT molecular complexity index is 751. The Balaban J connectivity index is 1.83. The van der Waals surface area contributed by atoms with Crippen LogP contribution in [0.2, 0.25) is 0 Å². The van der Waals surface area contributed by atoms with E-state index < -0.39 is 11.7 Å². The molecule has 0 unspecified atom stereocenters. The standard InChI is InChI=1S/C17H22N2O3/c1-11-3-4-14-13(7-11)15(20)8-12(18-14)9-19-6-5-17(2,22)16(21)10-19/h3-4,7-8,16,21-22H,5-6,9-10H2,1-2H3,(H,18,20)/t16-,17+/m1/s1. The number of benzene rings is 1. The van der Waals surface area contributed by atoms with Crippen molar-refractivity contribution < 1.29 is 10.2 Å². The zero-order valence-electron chi connectivity index (χ0n) is 13.0. The first-order valence-corrected chi connectivity index (χ1v) is 7.60. The number of pyridine rings is 1. The van der Waals surface area contributed by atoms with Crippen molar-refractivity contribution in [3.63, 3.8) is 0 Å². The van der Waals surface area contributed by atoms with Crippen LogP contribution in [-0.4, -0.2) is 44.9 Å². The SMILES string of the molecule is Cc1ccc2[nH]c(CN3CC[C@](C)(O)[C@H](O)C3)cc(=O)c2c1. The van der Waals surface area contributed by atoms with Crippen LogP contribution in [0, 0.1) is 6.92 Å². The molecule has 3 N–H and O–H groups in total. The van der Waals surface area contributed by atoms with Gasteiger partial charge in [0.2, 0.25) is 0 Å². The van der Waals surface area contributed by atoms with Gasteiger partial charge in [0.1, 0.15) is 0 Å². The molecule has 0 spiro atoms. The number of aliphatic hydroxyl groups is 2. The van der Waals surface area contributed by atoms with Crippen LogP contribution < -0.4 is 5.43 Å². The first kappa shape index (κ1) is 15.2.